The van der Waals surface area contributed by atoms with Crippen LogP contribution in [0.3, 0.4) is 0 Å². The van der Waals surface area contributed by atoms with Crippen molar-refractivity contribution in [1.29, 1.82) is 0 Å². The van der Waals surface area contributed by atoms with Gasteiger partial charge in [-0.1, -0.05) is 0 Å². The lowest BCUT2D eigenvalue weighted by atomic mass is 10.1. The van der Waals surface area contributed by atoms with Gasteiger partial charge in [-0.15, -0.1) is 11.8 Å². The topological polar surface area (TPSA) is 35.2 Å². The van der Waals surface area contributed by atoms with E-state index in [1.54, 1.807) is 13.0 Å². The zero-order chi connectivity index (χ0) is 13.1. The van der Waals surface area contributed by atoms with Crippen molar-refractivity contribution in [3.05, 3.63) is 29.1 Å². The van der Waals surface area contributed by atoms with Gasteiger partial charge in [-0.05, 0) is 49.9 Å². The fraction of sp³-hybridized carbons (Fsp3) is 0.571. The first-order valence-corrected chi connectivity index (χ1v) is 7.26. The Labute approximate surface area is 112 Å². The summed E-state index contributed by atoms with van der Waals surface area (Å²) in [5, 5.41) is 0.557. The van der Waals surface area contributed by atoms with Crippen molar-refractivity contribution in [1.82, 2.24) is 0 Å². The third kappa shape index (κ3) is 3.25. The fourth-order valence-electron chi connectivity index (χ4n) is 2.10. The van der Waals surface area contributed by atoms with Crippen molar-refractivity contribution in [2.75, 3.05) is 13.2 Å². The van der Waals surface area contributed by atoms with Crippen LogP contribution in [-0.4, -0.2) is 18.5 Å². The number of nitrogens with two attached hydrogens (primary N) is 1. The summed E-state index contributed by atoms with van der Waals surface area (Å²) in [6.45, 7) is 5.35. The molecule has 2 N–H and O–H groups in total. The van der Waals surface area contributed by atoms with Crippen molar-refractivity contribution >= 4 is 11.8 Å². The van der Waals surface area contributed by atoms with Crippen LogP contribution in [0.2, 0.25) is 0 Å². The van der Waals surface area contributed by atoms with Gasteiger partial charge in [0.1, 0.15) is 5.82 Å². The minimum absolute atomic E-state index is 0.137. The van der Waals surface area contributed by atoms with Crippen molar-refractivity contribution in [2.24, 2.45) is 5.73 Å². The fourth-order valence-corrected chi connectivity index (χ4v) is 3.51. The van der Waals surface area contributed by atoms with Crippen LogP contribution in [0.25, 0.3) is 0 Å². The van der Waals surface area contributed by atoms with E-state index in [-0.39, 0.29) is 11.9 Å². The minimum atomic E-state index is -0.168. The number of halogens is 1. The Morgan fingerprint density at radius 2 is 2.06 bits per heavy atom. The summed E-state index contributed by atoms with van der Waals surface area (Å²) in [5.74, 6) is -0.168. The molecular formula is C14H20FNOS. The molecule has 0 aromatic heterocycles. The predicted molar refractivity (Wildman–Crippen MR) is 73.4 cm³/mol. The summed E-state index contributed by atoms with van der Waals surface area (Å²) in [6, 6.07) is 3.37. The van der Waals surface area contributed by atoms with Crippen molar-refractivity contribution < 1.29 is 9.13 Å². The van der Waals surface area contributed by atoms with Gasteiger partial charge in [0.2, 0.25) is 0 Å². The van der Waals surface area contributed by atoms with Crippen molar-refractivity contribution in [3.63, 3.8) is 0 Å². The van der Waals surface area contributed by atoms with Crippen LogP contribution in [0.5, 0.6) is 0 Å². The average Bonchev–Trinajstić information content (AvgIpc) is 2.34. The molecule has 0 radical (unpaired) electrons. The van der Waals surface area contributed by atoms with E-state index in [9.17, 15) is 4.39 Å². The molecule has 1 unspecified atom stereocenters. The largest absolute Gasteiger partial charge is 0.381 e. The highest BCUT2D eigenvalue weighted by Gasteiger charge is 2.18. The lowest BCUT2D eigenvalue weighted by Crippen LogP contribution is -2.18. The van der Waals surface area contributed by atoms with Crippen LogP contribution in [0, 0.1) is 12.7 Å². The lowest BCUT2D eigenvalue weighted by Gasteiger charge is -2.23. The smallest absolute Gasteiger partial charge is 0.126 e. The monoisotopic (exact) mass is 269 g/mol. The number of ether oxygens (including phenoxy) is 1. The molecule has 0 spiro atoms. The van der Waals surface area contributed by atoms with Crippen LogP contribution in [0.15, 0.2) is 17.0 Å². The predicted octanol–water partition coefficient (Wildman–Crippen LogP) is 3.42. The molecule has 0 saturated carbocycles. The van der Waals surface area contributed by atoms with Gasteiger partial charge in [0.05, 0.1) is 0 Å². The van der Waals surface area contributed by atoms with E-state index in [0.717, 1.165) is 36.5 Å². The van der Waals surface area contributed by atoms with Crippen LogP contribution >= 0.6 is 11.8 Å². The molecule has 1 aliphatic rings. The van der Waals surface area contributed by atoms with Gasteiger partial charge in [-0.3, -0.25) is 0 Å². The summed E-state index contributed by atoms with van der Waals surface area (Å²) in [7, 11) is 0. The van der Waals surface area contributed by atoms with E-state index in [0.29, 0.717) is 10.8 Å². The van der Waals surface area contributed by atoms with E-state index in [2.05, 4.69) is 0 Å². The molecule has 1 aromatic carbocycles. The molecule has 1 heterocycles. The molecule has 1 atom stereocenters. The zero-order valence-corrected chi connectivity index (χ0v) is 11.7. The van der Waals surface area contributed by atoms with Gasteiger partial charge >= 0.3 is 0 Å². The molecule has 0 bridgehead atoms. The highest BCUT2D eigenvalue weighted by Crippen LogP contribution is 2.35. The van der Waals surface area contributed by atoms with Crippen molar-refractivity contribution in [2.45, 2.75) is 42.9 Å². The van der Waals surface area contributed by atoms with Gasteiger partial charge in [-0.2, -0.15) is 0 Å². The Morgan fingerprint density at radius 3 is 2.67 bits per heavy atom. The van der Waals surface area contributed by atoms with Crippen LogP contribution in [0.1, 0.15) is 36.9 Å². The molecule has 1 aliphatic heterocycles. The highest BCUT2D eigenvalue weighted by atomic mass is 32.2. The van der Waals surface area contributed by atoms with Gasteiger partial charge in [0.25, 0.3) is 0 Å². The SMILES string of the molecule is Cc1cc(SC2CCOCC2)c(C(C)N)cc1F. The maximum absolute atomic E-state index is 13.6. The number of hydrogen-bond acceptors (Lipinski definition) is 3. The molecule has 0 aliphatic carbocycles. The van der Waals surface area contributed by atoms with E-state index >= 15 is 0 Å². The molecule has 1 aromatic rings. The highest BCUT2D eigenvalue weighted by molar-refractivity contribution is 8.00. The number of aryl methyl sites for hydroxylation is 1. The van der Waals surface area contributed by atoms with E-state index in [1.807, 2.05) is 24.8 Å². The summed E-state index contributed by atoms with van der Waals surface area (Å²) in [6.07, 6.45) is 2.11. The Bertz CT molecular complexity index is 417. The molecule has 1 saturated heterocycles. The molecular weight excluding hydrogens is 249 g/mol. The quantitative estimate of drug-likeness (QED) is 0.913. The first-order chi connectivity index (χ1) is 8.58. The maximum Gasteiger partial charge on any atom is 0.126 e. The Morgan fingerprint density at radius 1 is 1.39 bits per heavy atom. The maximum atomic E-state index is 13.6. The zero-order valence-electron chi connectivity index (χ0n) is 10.9. The average molecular weight is 269 g/mol. The van der Waals surface area contributed by atoms with E-state index < -0.39 is 0 Å². The molecule has 2 rings (SSSR count). The van der Waals surface area contributed by atoms with E-state index in [4.69, 9.17) is 10.5 Å². The Hall–Kier alpha value is -0.580. The number of hydrogen-bond donors (Lipinski definition) is 1. The van der Waals surface area contributed by atoms with Crippen LogP contribution in [0.4, 0.5) is 4.39 Å². The lowest BCUT2D eigenvalue weighted by molar-refractivity contribution is 0.1000. The summed E-state index contributed by atoms with van der Waals surface area (Å²) >= 11 is 1.82. The summed E-state index contributed by atoms with van der Waals surface area (Å²) in [4.78, 5) is 1.12. The number of thioether (sulfide) groups is 1. The summed E-state index contributed by atoms with van der Waals surface area (Å²) < 4.78 is 19.0. The first-order valence-electron chi connectivity index (χ1n) is 6.38. The van der Waals surface area contributed by atoms with Crippen LogP contribution in [-0.2, 0) is 4.74 Å². The second kappa shape index (κ2) is 6.04. The molecule has 18 heavy (non-hydrogen) atoms. The minimum Gasteiger partial charge on any atom is -0.381 e. The second-order valence-electron chi connectivity index (χ2n) is 4.86. The Balaban J connectivity index is 2.21. The second-order valence-corrected chi connectivity index (χ2v) is 6.20. The molecule has 4 heteroatoms. The van der Waals surface area contributed by atoms with Crippen LogP contribution < -0.4 is 5.73 Å². The van der Waals surface area contributed by atoms with Crippen molar-refractivity contribution in [3.8, 4) is 0 Å². The molecule has 100 valence electrons. The number of rotatable bonds is 3. The number of benzene rings is 1. The molecule has 1 fully saturated rings. The van der Waals surface area contributed by atoms with Gasteiger partial charge in [0.15, 0.2) is 0 Å². The van der Waals surface area contributed by atoms with Gasteiger partial charge in [-0.25, -0.2) is 4.39 Å². The molecule has 0 amide bonds. The van der Waals surface area contributed by atoms with Gasteiger partial charge < -0.3 is 10.5 Å². The molecule has 2 nitrogen and oxygen atoms in total. The van der Waals surface area contributed by atoms with Gasteiger partial charge in [0, 0.05) is 29.4 Å². The third-order valence-electron chi connectivity index (χ3n) is 3.24. The Kier molecular flexibility index (Phi) is 4.65. The third-order valence-corrected chi connectivity index (χ3v) is 4.66. The normalized spacial score (nSPS) is 18.9. The standard InChI is InChI=1S/C14H20FNOS/c1-9-7-14(12(10(2)16)8-13(9)15)18-11-3-5-17-6-4-11/h7-8,10-11H,3-6,16H2,1-2H3. The van der Waals surface area contributed by atoms with E-state index in [1.165, 1.54) is 0 Å². The summed E-state index contributed by atoms with van der Waals surface area (Å²) in [5.41, 5.74) is 7.53. The first kappa shape index (κ1) is 13.8.